The number of fused-ring (bicyclic) bond motifs is 2. The van der Waals surface area contributed by atoms with E-state index in [0.29, 0.717) is 17.8 Å². The molecule has 0 radical (unpaired) electrons. The van der Waals surface area contributed by atoms with Crippen LogP contribution in [-0.4, -0.2) is 63.8 Å². The maximum atomic E-state index is 14.7. The monoisotopic (exact) mass is 548 g/mol. The summed E-state index contributed by atoms with van der Waals surface area (Å²) in [7, 11) is 4.02. The van der Waals surface area contributed by atoms with Crippen molar-refractivity contribution in [3.05, 3.63) is 84.6 Å². The molecule has 0 saturated carbocycles. The molecule has 0 fully saturated rings. The molecule has 8 nitrogen and oxygen atoms in total. The summed E-state index contributed by atoms with van der Waals surface area (Å²) in [5.74, 6) is -0.306. The van der Waals surface area contributed by atoms with E-state index >= 15 is 0 Å². The number of likely N-dealkylation sites (N-methyl/N-ethyl adjacent to an activating group) is 1. The van der Waals surface area contributed by atoms with E-state index in [1.165, 1.54) is 12.1 Å². The minimum Gasteiger partial charge on any atom is -0.384 e. The van der Waals surface area contributed by atoms with Gasteiger partial charge in [-0.3, -0.25) is 15.1 Å². The summed E-state index contributed by atoms with van der Waals surface area (Å²) >= 11 is 0. The molecule has 0 amide bonds. The lowest BCUT2D eigenvalue weighted by atomic mass is 10.0. The Morgan fingerprint density at radius 3 is 2.61 bits per heavy atom. The summed E-state index contributed by atoms with van der Waals surface area (Å²) in [4.78, 5) is 14.7. The van der Waals surface area contributed by atoms with Gasteiger partial charge in [0.05, 0.1) is 16.9 Å². The molecule has 0 aliphatic heterocycles. The zero-order valence-corrected chi connectivity index (χ0v) is 23.4. The highest BCUT2D eigenvalue weighted by Crippen LogP contribution is 2.35. The highest BCUT2D eigenvalue weighted by atomic mass is 19.1. The number of H-pyrrole nitrogens is 2. The van der Waals surface area contributed by atoms with Crippen LogP contribution in [0, 0.1) is 5.82 Å². The fraction of sp³-hybridized carbons (Fsp3) is 0.219. The molecule has 2 aromatic carbocycles. The molecule has 0 bridgehead atoms. The van der Waals surface area contributed by atoms with Crippen LogP contribution in [-0.2, 0) is 6.54 Å². The van der Waals surface area contributed by atoms with Crippen LogP contribution in [0.5, 0.6) is 0 Å². The van der Waals surface area contributed by atoms with Crippen LogP contribution in [0.15, 0.2) is 73.2 Å². The van der Waals surface area contributed by atoms with Gasteiger partial charge in [-0.15, -0.1) is 0 Å². The van der Waals surface area contributed by atoms with Crippen molar-refractivity contribution < 1.29 is 4.39 Å². The van der Waals surface area contributed by atoms with Crippen molar-refractivity contribution >= 4 is 27.5 Å². The van der Waals surface area contributed by atoms with Gasteiger partial charge in [0.2, 0.25) is 0 Å². The number of anilines is 1. The van der Waals surface area contributed by atoms with Crippen molar-refractivity contribution in [3.63, 3.8) is 0 Å². The van der Waals surface area contributed by atoms with Gasteiger partial charge in [-0.05, 0) is 80.3 Å². The minimum absolute atomic E-state index is 0.306. The fourth-order valence-electron chi connectivity index (χ4n) is 5.07. The maximum absolute atomic E-state index is 14.7. The second-order valence-corrected chi connectivity index (χ2v) is 10.5. The quantitative estimate of drug-likeness (QED) is 0.166. The Bertz CT molecular complexity index is 1820. The standard InChI is InChI=1S/C32H33FN8/c1-4-34-17-20-11-23(19-35-18-20)21-5-6-29-26(14-21)32(40-39-29)30-16-27-28(38-30)7-8-37-31(27)22-12-24(33)15-25(13-22)36-9-10-41(2)3/h5-8,11-16,18-19,34,36,38H,4,9-10,17H2,1-3H3,(H,39,40). The second-order valence-electron chi connectivity index (χ2n) is 10.5. The molecule has 208 valence electrons. The van der Waals surface area contributed by atoms with Gasteiger partial charge in [0.25, 0.3) is 0 Å². The molecule has 0 unspecified atom stereocenters. The number of rotatable bonds is 10. The highest BCUT2D eigenvalue weighted by molar-refractivity contribution is 6.01. The Kier molecular flexibility index (Phi) is 7.45. The summed E-state index contributed by atoms with van der Waals surface area (Å²) in [5, 5.41) is 16.4. The van der Waals surface area contributed by atoms with Gasteiger partial charge in [0.15, 0.2) is 0 Å². The number of hydrogen-bond acceptors (Lipinski definition) is 6. The first-order chi connectivity index (χ1) is 20.0. The first-order valence-electron chi connectivity index (χ1n) is 13.8. The largest absolute Gasteiger partial charge is 0.384 e. The van der Waals surface area contributed by atoms with E-state index < -0.39 is 0 Å². The molecule has 4 N–H and O–H groups in total. The molecular weight excluding hydrogens is 515 g/mol. The number of nitrogens with one attached hydrogen (secondary N) is 4. The second kappa shape index (κ2) is 11.5. The zero-order valence-electron chi connectivity index (χ0n) is 23.4. The van der Waals surface area contributed by atoms with Crippen LogP contribution < -0.4 is 10.6 Å². The lowest BCUT2D eigenvalue weighted by molar-refractivity contribution is 0.425. The van der Waals surface area contributed by atoms with E-state index in [0.717, 1.165) is 75.2 Å². The van der Waals surface area contributed by atoms with Crippen molar-refractivity contribution in [3.8, 4) is 33.8 Å². The van der Waals surface area contributed by atoms with E-state index in [2.05, 4.69) is 65.8 Å². The van der Waals surface area contributed by atoms with Gasteiger partial charge in [0.1, 0.15) is 11.5 Å². The van der Waals surface area contributed by atoms with Gasteiger partial charge in [-0.25, -0.2) is 4.39 Å². The number of nitrogens with zero attached hydrogens (tertiary/aromatic N) is 4. The van der Waals surface area contributed by atoms with Crippen LogP contribution in [0.2, 0.25) is 0 Å². The summed E-state index contributed by atoms with van der Waals surface area (Å²) in [5.41, 5.74) is 8.94. The molecule has 0 saturated heterocycles. The molecule has 6 aromatic rings. The Morgan fingerprint density at radius 1 is 0.878 bits per heavy atom. The first-order valence-corrected chi connectivity index (χ1v) is 13.8. The third-order valence-corrected chi connectivity index (χ3v) is 7.13. The number of aromatic nitrogens is 5. The van der Waals surface area contributed by atoms with Crippen LogP contribution in [0.4, 0.5) is 10.1 Å². The molecule has 4 aromatic heterocycles. The highest BCUT2D eigenvalue weighted by Gasteiger charge is 2.16. The summed E-state index contributed by atoms with van der Waals surface area (Å²) in [6, 6.07) is 17.4. The van der Waals surface area contributed by atoms with Crippen molar-refractivity contribution in [1.82, 2.24) is 35.4 Å². The topological polar surface area (TPSA) is 97.5 Å². The van der Waals surface area contributed by atoms with Crippen LogP contribution in [0.3, 0.4) is 0 Å². The predicted octanol–water partition coefficient (Wildman–Crippen LogP) is 6.06. The molecule has 9 heteroatoms. The van der Waals surface area contributed by atoms with Crippen LogP contribution in [0.1, 0.15) is 12.5 Å². The summed E-state index contributed by atoms with van der Waals surface area (Å²) in [6.07, 6.45) is 5.53. The summed E-state index contributed by atoms with van der Waals surface area (Å²) in [6.45, 7) is 5.34. The number of pyridine rings is 2. The van der Waals surface area contributed by atoms with E-state index in [9.17, 15) is 4.39 Å². The normalized spacial score (nSPS) is 11.6. The molecule has 4 heterocycles. The zero-order chi connectivity index (χ0) is 28.3. The smallest absolute Gasteiger partial charge is 0.125 e. The van der Waals surface area contributed by atoms with Crippen molar-refractivity contribution in [1.29, 1.82) is 0 Å². The first kappa shape index (κ1) is 26.6. The van der Waals surface area contributed by atoms with E-state index in [1.807, 2.05) is 50.8 Å². The van der Waals surface area contributed by atoms with Crippen molar-refractivity contribution in [2.24, 2.45) is 0 Å². The van der Waals surface area contributed by atoms with E-state index in [-0.39, 0.29) is 5.82 Å². The lowest BCUT2D eigenvalue weighted by Gasteiger charge is -2.12. The van der Waals surface area contributed by atoms with Crippen LogP contribution >= 0.6 is 0 Å². The number of aromatic amines is 2. The van der Waals surface area contributed by atoms with Crippen LogP contribution in [0.25, 0.3) is 55.6 Å². The number of benzene rings is 2. The Hall–Kier alpha value is -4.60. The average Bonchev–Trinajstić information content (AvgIpc) is 3.59. The molecule has 0 atom stereocenters. The SMILES string of the molecule is CCNCc1cncc(-c2ccc3[nH]nc(-c4cc5c(-c6cc(F)cc(NCCN(C)C)c6)nccc5[nH]4)c3c2)c1. The molecule has 0 aliphatic rings. The average molecular weight is 549 g/mol. The van der Waals surface area contributed by atoms with Crippen molar-refractivity contribution in [2.75, 3.05) is 39.0 Å². The third-order valence-electron chi connectivity index (χ3n) is 7.13. The van der Waals surface area contributed by atoms with Gasteiger partial charge >= 0.3 is 0 Å². The van der Waals surface area contributed by atoms with Crippen molar-refractivity contribution in [2.45, 2.75) is 13.5 Å². The maximum Gasteiger partial charge on any atom is 0.125 e. The minimum atomic E-state index is -0.306. The summed E-state index contributed by atoms with van der Waals surface area (Å²) < 4.78 is 14.7. The lowest BCUT2D eigenvalue weighted by Crippen LogP contribution is -2.20. The van der Waals surface area contributed by atoms with E-state index in [4.69, 9.17) is 0 Å². The van der Waals surface area contributed by atoms with E-state index in [1.54, 1.807) is 6.20 Å². The third kappa shape index (κ3) is 5.68. The van der Waals surface area contributed by atoms with Gasteiger partial charge in [-0.2, -0.15) is 5.10 Å². The van der Waals surface area contributed by atoms with Gasteiger partial charge in [0, 0.05) is 71.3 Å². The molecular formula is C32H33FN8. The predicted molar refractivity (Wildman–Crippen MR) is 164 cm³/mol. The van der Waals surface area contributed by atoms with Gasteiger partial charge < -0.3 is 20.5 Å². The fourth-order valence-corrected chi connectivity index (χ4v) is 5.07. The van der Waals surface area contributed by atoms with Gasteiger partial charge in [-0.1, -0.05) is 13.0 Å². The molecule has 0 aliphatic carbocycles. The molecule has 41 heavy (non-hydrogen) atoms. The molecule has 6 rings (SSSR count). The molecule has 0 spiro atoms. The number of hydrogen-bond donors (Lipinski definition) is 4. The Labute approximate surface area is 238 Å². The number of halogens is 1. The Balaban J connectivity index is 1.37. The Morgan fingerprint density at radius 2 is 1.76 bits per heavy atom.